The van der Waals surface area contributed by atoms with Crippen molar-refractivity contribution in [2.45, 2.75) is 0 Å². The number of aromatic nitrogens is 1. The molecule has 0 unspecified atom stereocenters. The topological polar surface area (TPSA) is 93.4 Å². The Balaban J connectivity index is 2.16. The Morgan fingerprint density at radius 2 is 1.42 bits per heavy atom. The van der Waals surface area contributed by atoms with Gasteiger partial charge in [0, 0.05) is 24.0 Å². The van der Waals surface area contributed by atoms with Crippen LogP contribution in [0, 0.1) is 10.1 Å². The molecule has 24 heavy (non-hydrogen) atoms. The van der Waals surface area contributed by atoms with E-state index in [-0.39, 0.29) is 22.6 Å². The second kappa shape index (κ2) is 6.28. The van der Waals surface area contributed by atoms with Gasteiger partial charge >= 0.3 is 0 Å². The fourth-order valence-corrected chi connectivity index (χ4v) is 4.63. The number of nitro groups is 1. The summed E-state index contributed by atoms with van der Waals surface area (Å²) < 4.78 is 2.01. The molecular formula is C13H3Br4N3O4. The molecule has 11 heteroatoms. The third kappa shape index (κ3) is 2.54. The predicted molar refractivity (Wildman–Crippen MR) is 99.3 cm³/mol. The third-order valence-corrected chi connectivity index (χ3v) is 8.04. The molecule has 1 aromatic heterocycles. The molecule has 3 rings (SSSR count). The van der Waals surface area contributed by atoms with Gasteiger partial charge in [0.25, 0.3) is 17.5 Å². The van der Waals surface area contributed by atoms with Crippen molar-refractivity contribution in [1.82, 2.24) is 4.98 Å². The number of anilines is 1. The van der Waals surface area contributed by atoms with E-state index in [1.807, 2.05) is 0 Å². The number of hydrogen-bond donors (Lipinski definition) is 0. The van der Waals surface area contributed by atoms with Crippen molar-refractivity contribution in [3.05, 3.63) is 57.5 Å². The molecule has 1 aliphatic rings. The van der Waals surface area contributed by atoms with E-state index < -0.39 is 16.7 Å². The molecule has 0 aliphatic carbocycles. The Kier molecular flexibility index (Phi) is 4.62. The van der Waals surface area contributed by atoms with Crippen molar-refractivity contribution in [2.75, 3.05) is 4.90 Å². The van der Waals surface area contributed by atoms with E-state index in [0.29, 0.717) is 17.9 Å². The van der Waals surface area contributed by atoms with Gasteiger partial charge in [-0.15, -0.1) is 0 Å². The van der Waals surface area contributed by atoms with Crippen molar-refractivity contribution in [1.29, 1.82) is 0 Å². The maximum atomic E-state index is 12.7. The molecule has 0 atom stereocenters. The van der Waals surface area contributed by atoms with Gasteiger partial charge in [-0.2, -0.15) is 0 Å². The van der Waals surface area contributed by atoms with Gasteiger partial charge < -0.3 is 0 Å². The third-order valence-electron chi connectivity index (χ3n) is 3.27. The molecule has 0 N–H and O–H groups in total. The van der Waals surface area contributed by atoms with Gasteiger partial charge in [-0.1, -0.05) is 0 Å². The lowest BCUT2D eigenvalue weighted by Gasteiger charge is -2.11. The summed E-state index contributed by atoms with van der Waals surface area (Å²) in [5.41, 5.74) is 0.132. The lowest BCUT2D eigenvalue weighted by Crippen LogP contribution is -2.30. The van der Waals surface area contributed by atoms with Gasteiger partial charge in [0.2, 0.25) is 0 Å². The molecule has 0 fully saturated rings. The first-order chi connectivity index (χ1) is 11.3. The SMILES string of the molecule is O=C1c2c(Br)c(Br)c(Br)c(Br)c2C(=O)N1c1ccc([N+](=O)[O-])cn1. The smallest absolute Gasteiger partial charge is 0.268 e. The van der Waals surface area contributed by atoms with Crippen molar-refractivity contribution < 1.29 is 14.5 Å². The molecular weight excluding hydrogens is 582 g/mol. The van der Waals surface area contributed by atoms with E-state index in [4.69, 9.17) is 0 Å². The van der Waals surface area contributed by atoms with Crippen LogP contribution in [0.1, 0.15) is 20.7 Å². The normalized spacial score (nSPS) is 13.4. The Bertz CT molecular complexity index is 883. The van der Waals surface area contributed by atoms with E-state index >= 15 is 0 Å². The number of fused-ring (bicyclic) bond motifs is 1. The minimum atomic E-state index is -0.611. The maximum absolute atomic E-state index is 12.7. The number of halogens is 4. The zero-order chi connectivity index (χ0) is 17.8. The quantitative estimate of drug-likeness (QED) is 0.166. The van der Waals surface area contributed by atoms with Crippen LogP contribution in [0.5, 0.6) is 0 Å². The Morgan fingerprint density at radius 1 is 0.917 bits per heavy atom. The number of benzene rings is 1. The van der Waals surface area contributed by atoms with Gasteiger partial charge in [0.05, 0.1) is 16.1 Å². The molecule has 0 saturated heterocycles. The summed E-state index contributed by atoms with van der Waals surface area (Å²) in [6.07, 6.45) is 0.995. The van der Waals surface area contributed by atoms with Gasteiger partial charge in [0.15, 0.2) is 0 Å². The van der Waals surface area contributed by atoms with E-state index in [1.165, 1.54) is 12.1 Å². The van der Waals surface area contributed by atoms with Crippen LogP contribution >= 0.6 is 63.7 Å². The van der Waals surface area contributed by atoms with E-state index in [1.54, 1.807) is 0 Å². The highest BCUT2D eigenvalue weighted by Gasteiger charge is 2.42. The fraction of sp³-hybridized carbons (Fsp3) is 0. The Morgan fingerprint density at radius 3 is 1.79 bits per heavy atom. The number of carbonyl (C=O) groups excluding carboxylic acids is 2. The summed E-state index contributed by atoms with van der Waals surface area (Å²) >= 11 is 13.3. The highest BCUT2D eigenvalue weighted by atomic mass is 79.9. The number of imide groups is 1. The van der Waals surface area contributed by atoms with Crippen LogP contribution in [-0.2, 0) is 0 Å². The van der Waals surface area contributed by atoms with Crippen molar-refractivity contribution in [2.24, 2.45) is 0 Å². The molecule has 2 heterocycles. The van der Waals surface area contributed by atoms with E-state index in [0.717, 1.165) is 11.1 Å². The second-order valence-corrected chi connectivity index (χ2v) is 7.76. The van der Waals surface area contributed by atoms with Gasteiger partial charge in [-0.05, 0) is 69.8 Å². The molecule has 0 bridgehead atoms. The van der Waals surface area contributed by atoms with Crippen LogP contribution in [0.2, 0.25) is 0 Å². The van der Waals surface area contributed by atoms with Crippen molar-refractivity contribution in [3.63, 3.8) is 0 Å². The zero-order valence-corrected chi connectivity index (χ0v) is 17.6. The number of hydrogen-bond acceptors (Lipinski definition) is 5. The lowest BCUT2D eigenvalue weighted by atomic mass is 10.1. The Labute approximate surface area is 168 Å². The predicted octanol–water partition coefficient (Wildman–Crippen LogP) is 4.84. The van der Waals surface area contributed by atoms with Crippen LogP contribution in [0.4, 0.5) is 11.5 Å². The van der Waals surface area contributed by atoms with Crippen LogP contribution in [0.3, 0.4) is 0 Å². The molecule has 0 spiro atoms. The van der Waals surface area contributed by atoms with Gasteiger partial charge in [-0.25, -0.2) is 9.88 Å². The number of carbonyl (C=O) groups is 2. The second-order valence-electron chi connectivity index (χ2n) is 4.58. The first-order valence-corrected chi connectivity index (χ1v) is 9.28. The van der Waals surface area contributed by atoms with Gasteiger partial charge in [-0.3, -0.25) is 19.7 Å². The minimum Gasteiger partial charge on any atom is -0.268 e. The van der Waals surface area contributed by atoms with Crippen molar-refractivity contribution in [3.8, 4) is 0 Å². The fourth-order valence-electron chi connectivity index (χ4n) is 2.18. The molecule has 7 nitrogen and oxygen atoms in total. The first-order valence-electron chi connectivity index (χ1n) is 6.10. The molecule has 122 valence electrons. The number of amides is 2. The number of nitrogens with zero attached hydrogens (tertiary/aromatic N) is 3. The van der Waals surface area contributed by atoms with Crippen LogP contribution in [0.25, 0.3) is 0 Å². The van der Waals surface area contributed by atoms with Crippen LogP contribution < -0.4 is 4.90 Å². The summed E-state index contributed by atoms with van der Waals surface area (Å²) in [5, 5.41) is 10.7. The molecule has 0 saturated carbocycles. The molecule has 1 aliphatic heterocycles. The Hall–Kier alpha value is -1.17. The van der Waals surface area contributed by atoms with Gasteiger partial charge in [0.1, 0.15) is 12.0 Å². The first kappa shape index (κ1) is 17.6. The number of rotatable bonds is 2. The molecule has 0 radical (unpaired) electrons. The van der Waals surface area contributed by atoms with Crippen LogP contribution in [-0.4, -0.2) is 21.7 Å². The highest BCUT2D eigenvalue weighted by molar-refractivity contribution is 9.15. The average Bonchev–Trinajstić information content (AvgIpc) is 2.82. The summed E-state index contributed by atoms with van der Waals surface area (Å²) in [6, 6.07) is 2.44. The summed E-state index contributed by atoms with van der Waals surface area (Å²) in [4.78, 5) is 40.2. The maximum Gasteiger partial charge on any atom is 0.287 e. The highest BCUT2D eigenvalue weighted by Crippen LogP contribution is 2.45. The molecule has 2 aromatic rings. The summed E-state index contributed by atoms with van der Waals surface area (Å²) in [6.45, 7) is 0. The van der Waals surface area contributed by atoms with Crippen molar-refractivity contribution >= 4 is 87.0 Å². The van der Waals surface area contributed by atoms with E-state index in [2.05, 4.69) is 68.7 Å². The molecule has 1 aromatic carbocycles. The summed E-state index contributed by atoms with van der Waals surface area (Å²) in [7, 11) is 0. The number of pyridine rings is 1. The summed E-state index contributed by atoms with van der Waals surface area (Å²) in [5.74, 6) is -1.13. The largest absolute Gasteiger partial charge is 0.287 e. The lowest BCUT2D eigenvalue weighted by molar-refractivity contribution is -0.385. The zero-order valence-electron chi connectivity index (χ0n) is 11.2. The molecule has 2 amide bonds. The van der Waals surface area contributed by atoms with Crippen LogP contribution in [0.15, 0.2) is 36.2 Å². The minimum absolute atomic E-state index is 0.0119. The monoisotopic (exact) mass is 581 g/mol. The average molecular weight is 585 g/mol. The van der Waals surface area contributed by atoms with E-state index in [9.17, 15) is 19.7 Å². The standard InChI is InChI=1S/C13H3Br4N3O4/c14-8-6-7(9(15)11(17)10(8)16)13(22)19(12(6)21)5-2-1-4(3-18-5)20(23)24/h1-3H.